The molecule has 25 heavy (non-hydrogen) atoms. The lowest BCUT2D eigenvalue weighted by atomic mass is 10.0. The summed E-state index contributed by atoms with van der Waals surface area (Å²) in [6.45, 7) is 0.125. The molecule has 0 saturated carbocycles. The minimum absolute atomic E-state index is 0.0890. The van der Waals surface area contributed by atoms with Gasteiger partial charge >= 0.3 is 0 Å². The molecule has 1 unspecified atom stereocenters. The van der Waals surface area contributed by atoms with Crippen LogP contribution in [0.4, 0.5) is 0 Å². The van der Waals surface area contributed by atoms with Gasteiger partial charge in [-0.2, -0.15) is 11.3 Å². The summed E-state index contributed by atoms with van der Waals surface area (Å²) >= 11 is 7.49. The van der Waals surface area contributed by atoms with Gasteiger partial charge in [0.15, 0.2) is 0 Å². The van der Waals surface area contributed by atoms with Crippen molar-refractivity contribution in [3.8, 4) is 0 Å². The second-order valence-electron chi connectivity index (χ2n) is 5.80. The lowest BCUT2D eigenvalue weighted by Gasteiger charge is -2.20. The quantitative estimate of drug-likeness (QED) is 0.787. The van der Waals surface area contributed by atoms with Gasteiger partial charge in [0.2, 0.25) is 17.7 Å². The lowest BCUT2D eigenvalue weighted by Crippen LogP contribution is -2.35. The van der Waals surface area contributed by atoms with Crippen LogP contribution in [-0.4, -0.2) is 29.2 Å². The molecule has 0 bridgehead atoms. The van der Waals surface area contributed by atoms with Crippen LogP contribution in [0.15, 0.2) is 41.1 Å². The molecule has 1 aromatic carbocycles. The van der Waals surface area contributed by atoms with E-state index in [1.807, 2.05) is 29.0 Å². The highest BCUT2D eigenvalue weighted by Crippen LogP contribution is 2.25. The van der Waals surface area contributed by atoms with Crippen LogP contribution in [-0.2, 0) is 14.4 Å². The highest BCUT2D eigenvalue weighted by Gasteiger charge is 2.29. The SMILES string of the molecule is O=C(CCN1C(=O)CCC1=O)NC(c1ccc(Cl)cc1)c1ccsc1. The number of amides is 3. The van der Waals surface area contributed by atoms with Gasteiger partial charge < -0.3 is 5.32 Å². The number of imide groups is 1. The molecule has 1 saturated heterocycles. The Kier molecular flexibility index (Phi) is 5.50. The van der Waals surface area contributed by atoms with Crippen LogP contribution in [0.1, 0.15) is 36.4 Å². The largest absolute Gasteiger partial charge is 0.345 e. The molecule has 3 amide bonds. The molecular formula is C18H17ClN2O3S. The predicted octanol–water partition coefficient (Wildman–Crippen LogP) is 3.15. The van der Waals surface area contributed by atoms with Crippen LogP contribution in [0, 0.1) is 0 Å². The summed E-state index contributed by atoms with van der Waals surface area (Å²) in [7, 11) is 0. The highest BCUT2D eigenvalue weighted by atomic mass is 35.5. The maximum Gasteiger partial charge on any atom is 0.229 e. The zero-order valence-electron chi connectivity index (χ0n) is 13.4. The van der Waals surface area contributed by atoms with Crippen LogP contribution >= 0.6 is 22.9 Å². The zero-order valence-corrected chi connectivity index (χ0v) is 15.0. The summed E-state index contributed by atoms with van der Waals surface area (Å²) in [5.74, 6) is -0.617. The Bertz CT molecular complexity index is 758. The van der Waals surface area contributed by atoms with E-state index in [4.69, 9.17) is 11.6 Å². The van der Waals surface area contributed by atoms with E-state index in [1.54, 1.807) is 23.5 Å². The molecular weight excluding hydrogens is 360 g/mol. The topological polar surface area (TPSA) is 66.5 Å². The van der Waals surface area contributed by atoms with E-state index in [2.05, 4.69) is 5.32 Å². The van der Waals surface area contributed by atoms with Gasteiger partial charge in [-0.1, -0.05) is 23.7 Å². The van der Waals surface area contributed by atoms with Crippen molar-refractivity contribution < 1.29 is 14.4 Å². The van der Waals surface area contributed by atoms with E-state index in [0.717, 1.165) is 11.1 Å². The van der Waals surface area contributed by atoms with Gasteiger partial charge in [-0.25, -0.2) is 0 Å². The number of thiophene rings is 1. The van der Waals surface area contributed by atoms with Crippen molar-refractivity contribution >= 4 is 40.7 Å². The number of likely N-dealkylation sites (tertiary alicyclic amines) is 1. The minimum Gasteiger partial charge on any atom is -0.345 e. The fourth-order valence-electron chi connectivity index (χ4n) is 2.77. The van der Waals surface area contributed by atoms with Crippen LogP contribution in [0.3, 0.4) is 0 Å². The lowest BCUT2D eigenvalue weighted by molar-refractivity contribution is -0.138. The number of carbonyl (C=O) groups excluding carboxylic acids is 3. The fraction of sp³-hybridized carbons (Fsp3) is 0.278. The smallest absolute Gasteiger partial charge is 0.229 e. The predicted molar refractivity (Wildman–Crippen MR) is 96.3 cm³/mol. The Morgan fingerprint density at radius 2 is 1.80 bits per heavy atom. The van der Waals surface area contributed by atoms with Gasteiger partial charge in [-0.05, 0) is 40.1 Å². The molecule has 7 heteroatoms. The Balaban J connectivity index is 1.68. The minimum atomic E-state index is -0.291. The van der Waals surface area contributed by atoms with E-state index in [-0.39, 0.29) is 49.6 Å². The summed E-state index contributed by atoms with van der Waals surface area (Å²) in [6.07, 6.45) is 0.567. The van der Waals surface area contributed by atoms with Crippen LogP contribution in [0.5, 0.6) is 0 Å². The molecule has 0 spiro atoms. The first-order valence-electron chi connectivity index (χ1n) is 7.94. The molecule has 5 nitrogen and oxygen atoms in total. The van der Waals surface area contributed by atoms with Crippen molar-refractivity contribution in [3.05, 3.63) is 57.2 Å². The van der Waals surface area contributed by atoms with Crippen LogP contribution in [0.25, 0.3) is 0 Å². The second-order valence-corrected chi connectivity index (χ2v) is 7.01. The van der Waals surface area contributed by atoms with Gasteiger partial charge in [0.1, 0.15) is 0 Å². The third kappa shape index (κ3) is 4.27. The Hall–Kier alpha value is -2.18. The second kappa shape index (κ2) is 7.80. The van der Waals surface area contributed by atoms with Crippen molar-refractivity contribution in [1.82, 2.24) is 10.2 Å². The van der Waals surface area contributed by atoms with E-state index in [9.17, 15) is 14.4 Å². The number of halogens is 1. The summed E-state index contributed by atoms with van der Waals surface area (Å²) in [5, 5.41) is 7.54. The van der Waals surface area contributed by atoms with Crippen LogP contribution in [0.2, 0.25) is 5.02 Å². The van der Waals surface area contributed by atoms with Crippen molar-refractivity contribution in [1.29, 1.82) is 0 Å². The van der Waals surface area contributed by atoms with Gasteiger partial charge in [0.25, 0.3) is 0 Å². The first kappa shape index (κ1) is 17.6. The molecule has 0 aliphatic carbocycles. The maximum atomic E-state index is 12.4. The third-order valence-corrected chi connectivity index (χ3v) is 5.06. The molecule has 130 valence electrons. The van der Waals surface area contributed by atoms with Gasteiger partial charge in [-0.3, -0.25) is 19.3 Å². The van der Waals surface area contributed by atoms with E-state index in [1.165, 1.54) is 4.90 Å². The van der Waals surface area contributed by atoms with Gasteiger partial charge in [-0.15, -0.1) is 0 Å². The first-order valence-corrected chi connectivity index (χ1v) is 9.27. The standard InChI is InChI=1S/C18H17ClN2O3S/c19-14-3-1-12(2-4-14)18(13-8-10-25-11-13)20-15(22)7-9-21-16(23)5-6-17(21)24/h1-4,8,10-11,18H,5-7,9H2,(H,20,22). The molecule has 1 aromatic heterocycles. The molecule has 1 aliphatic heterocycles. The highest BCUT2D eigenvalue weighted by molar-refractivity contribution is 7.08. The van der Waals surface area contributed by atoms with E-state index < -0.39 is 0 Å². The van der Waals surface area contributed by atoms with Crippen molar-refractivity contribution in [2.75, 3.05) is 6.54 Å². The molecule has 1 N–H and O–H groups in total. The maximum absolute atomic E-state index is 12.4. The number of carbonyl (C=O) groups is 3. The molecule has 1 atom stereocenters. The van der Waals surface area contributed by atoms with Crippen LogP contribution < -0.4 is 5.32 Å². The molecule has 1 fully saturated rings. The van der Waals surface area contributed by atoms with Gasteiger partial charge in [0, 0.05) is 30.8 Å². The fourth-order valence-corrected chi connectivity index (χ4v) is 3.58. The molecule has 2 aromatic rings. The monoisotopic (exact) mass is 376 g/mol. The molecule has 0 radical (unpaired) electrons. The van der Waals surface area contributed by atoms with Crippen molar-refractivity contribution in [2.24, 2.45) is 0 Å². The summed E-state index contributed by atoms with van der Waals surface area (Å²) in [4.78, 5) is 36.8. The Labute approximate surface area is 154 Å². The summed E-state index contributed by atoms with van der Waals surface area (Å²) in [6, 6.07) is 8.98. The number of nitrogens with one attached hydrogen (secondary N) is 1. The Morgan fingerprint density at radius 1 is 1.12 bits per heavy atom. The number of hydrogen-bond acceptors (Lipinski definition) is 4. The van der Waals surface area contributed by atoms with Gasteiger partial charge in [0.05, 0.1) is 6.04 Å². The van der Waals surface area contributed by atoms with Crippen molar-refractivity contribution in [3.63, 3.8) is 0 Å². The number of nitrogens with zero attached hydrogens (tertiary/aromatic N) is 1. The number of benzene rings is 1. The molecule has 3 rings (SSSR count). The third-order valence-electron chi connectivity index (χ3n) is 4.10. The van der Waals surface area contributed by atoms with E-state index in [0.29, 0.717) is 5.02 Å². The summed E-state index contributed by atoms with van der Waals surface area (Å²) in [5.41, 5.74) is 1.90. The average Bonchev–Trinajstić information content (AvgIpc) is 3.23. The van der Waals surface area contributed by atoms with Crippen molar-refractivity contribution in [2.45, 2.75) is 25.3 Å². The normalized spacial score (nSPS) is 15.5. The first-order chi connectivity index (χ1) is 12.0. The number of hydrogen-bond donors (Lipinski definition) is 1. The Morgan fingerprint density at radius 3 is 2.40 bits per heavy atom. The average molecular weight is 377 g/mol. The van der Waals surface area contributed by atoms with E-state index >= 15 is 0 Å². The molecule has 1 aliphatic rings. The number of rotatable bonds is 6. The zero-order chi connectivity index (χ0) is 17.8. The summed E-state index contributed by atoms with van der Waals surface area (Å²) < 4.78 is 0. The molecule has 2 heterocycles.